The minimum absolute atomic E-state index is 0.0671. The number of amides is 1. The summed E-state index contributed by atoms with van der Waals surface area (Å²) in [6.07, 6.45) is 2.32. The monoisotopic (exact) mass is 353 g/mol. The standard InChI is InChI=1S/C21H23NO4/c23-21(17-8-11-26-18-5-2-1-4-16(18)13-17)22-14-15-6-7-19-20(12-15)25-10-3-9-24-19/h1-2,4-7,12,17H,3,8-11,13-14H2,(H,22,23). The highest BCUT2D eigenvalue weighted by molar-refractivity contribution is 5.79. The summed E-state index contributed by atoms with van der Waals surface area (Å²) < 4.78 is 17.1. The molecule has 2 aromatic rings. The summed E-state index contributed by atoms with van der Waals surface area (Å²) in [6, 6.07) is 13.8. The van der Waals surface area contributed by atoms with Crippen molar-refractivity contribution in [2.45, 2.75) is 25.8 Å². The van der Waals surface area contributed by atoms with Crippen LogP contribution in [0.4, 0.5) is 0 Å². The van der Waals surface area contributed by atoms with Crippen LogP contribution in [0, 0.1) is 5.92 Å². The van der Waals surface area contributed by atoms with Crippen LogP contribution >= 0.6 is 0 Å². The first-order chi connectivity index (χ1) is 12.8. The van der Waals surface area contributed by atoms with E-state index in [1.807, 2.05) is 42.5 Å². The maximum Gasteiger partial charge on any atom is 0.223 e. The molecule has 0 aliphatic carbocycles. The van der Waals surface area contributed by atoms with Gasteiger partial charge in [-0.05, 0) is 42.2 Å². The van der Waals surface area contributed by atoms with Crippen molar-refractivity contribution in [3.05, 3.63) is 53.6 Å². The van der Waals surface area contributed by atoms with E-state index in [1.165, 1.54) is 0 Å². The molecule has 0 fully saturated rings. The highest BCUT2D eigenvalue weighted by Crippen LogP contribution is 2.30. The van der Waals surface area contributed by atoms with E-state index in [9.17, 15) is 4.79 Å². The molecule has 2 heterocycles. The molecule has 1 N–H and O–H groups in total. The number of nitrogens with one attached hydrogen (secondary N) is 1. The predicted molar refractivity (Wildman–Crippen MR) is 97.6 cm³/mol. The van der Waals surface area contributed by atoms with Crippen molar-refractivity contribution in [2.75, 3.05) is 19.8 Å². The van der Waals surface area contributed by atoms with Gasteiger partial charge in [-0.25, -0.2) is 0 Å². The summed E-state index contributed by atoms with van der Waals surface area (Å²) in [5.41, 5.74) is 2.11. The van der Waals surface area contributed by atoms with Gasteiger partial charge >= 0.3 is 0 Å². The maximum atomic E-state index is 12.7. The van der Waals surface area contributed by atoms with Gasteiger partial charge < -0.3 is 19.5 Å². The lowest BCUT2D eigenvalue weighted by atomic mass is 9.96. The zero-order valence-corrected chi connectivity index (χ0v) is 14.7. The van der Waals surface area contributed by atoms with E-state index in [1.54, 1.807) is 0 Å². The molecule has 1 atom stereocenters. The molecule has 0 bridgehead atoms. The van der Waals surface area contributed by atoms with Crippen LogP contribution in [0.1, 0.15) is 24.0 Å². The number of hydrogen-bond donors (Lipinski definition) is 1. The number of para-hydroxylation sites is 1. The van der Waals surface area contributed by atoms with E-state index in [4.69, 9.17) is 14.2 Å². The summed E-state index contributed by atoms with van der Waals surface area (Å²) in [4.78, 5) is 12.7. The number of ether oxygens (including phenoxy) is 3. The summed E-state index contributed by atoms with van der Waals surface area (Å²) in [7, 11) is 0. The topological polar surface area (TPSA) is 56.8 Å². The molecule has 0 radical (unpaired) electrons. The van der Waals surface area contributed by atoms with Gasteiger partial charge in [-0.15, -0.1) is 0 Å². The van der Waals surface area contributed by atoms with Crippen molar-refractivity contribution in [3.8, 4) is 17.2 Å². The first-order valence-corrected chi connectivity index (χ1v) is 9.16. The lowest BCUT2D eigenvalue weighted by Crippen LogP contribution is -2.31. The van der Waals surface area contributed by atoms with E-state index in [2.05, 4.69) is 5.32 Å². The minimum Gasteiger partial charge on any atom is -0.493 e. The van der Waals surface area contributed by atoms with Gasteiger partial charge in [0.2, 0.25) is 5.91 Å². The second-order valence-corrected chi connectivity index (χ2v) is 6.70. The zero-order chi connectivity index (χ0) is 17.8. The van der Waals surface area contributed by atoms with Crippen molar-refractivity contribution in [1.82, 2.24) is 5.32 Å². The molecule has 4 rings (SSSR count). The maximum absolute atomic E-state index is 12.7. The Balaban J connectivity index is 1.39. The molecule has 0 saturated carbocycles. The molecule has 0 spiro atoms. The van der Waals surface area contributed by atoms with Crippen LogP contribution in [-0.2, 0) is 17.8 Å². The van der Waals surface area contributed by atoms with Crippen molar-refractivity contribution >= 4 is 5.91 Å². The fraction of sp³-hybridized carbons (Fsp3) is 0.381. The third kappa shape index (κ3) is 3.77. The molecule has 2 aliphatic rings. The molecule has 26 heavy (non-hydrogen) atoms. The van der Waals surface area contributed by atoms with Gasteiger partial charge in [0.25, 0.3) is 0 Å². The molecule has 1 unspecified atom stereocenters. The van der Waals surface area contributed by atoms with Gasteiger partial charge in [0.15, 0.2) is 11.5 Å². The van der Waals surface area contributed by atoms with Crippen LogP contribution in [-0.4, -0.2) is 25.7 Å². The lowest BCUT2D eigenvalue weighted by Gasteiger charge is -2.15. The summed E-state index contributed by atoms with van der Waals surface area (Å²) in [5.74, 6) is 2.42. The number of rotatable bonds is 3. The molecular formula is C21H23NO4. The van der Waals surface area contributed by atoms with Crippen LogP contribution in [0.25, 0.3) is 0 Å². The highest BCUT2D eigenvalue weighted by Gasteiger charge is 2.23. The number of carbonyl (C=O) groups excluding carboxylic acids is 1. The normalized spacial score (nSPS) is 18.7. The van der Waals surface area contributed by atoms with E-state index < -0.39 is 0 Å². The number of hydrogen-bond acceptors (Lipinski definition) is 4. The van der Waals surface area contributed by atoms with Crippen LogP contribution < -0.4 is 19.5 Å². The smallest absolute Gasteiger partial charge is 0.223 e. The Morgan fingerprint density at radius 2 is 1.77 bits per heavy atom. The predicted octanol–water partition coefficient (Wildman–Crippen LogP) is 3.11. The van der Waals surface area contributed by atoms with Gasteiger partial charge in [0.1, 0.15) is 5.75 Å². The first-order valence-electron chi connectivity index (χ1n) is 9.16. The van der Waals surface area contributed by atoms with Gasteiger partial charge in [0.05, 0.1) is 19.8 Å². The quantitative estimate of drug-likeness (QED) is 0.921. The molecule has 2 aromatic carbocycles. The van der Waals surface area contributed by atoms with Gasteiger partial charge in [-0.1, -0.05) is 24.3 Å². The molecule has 5 heteroatoms. The Hall–Kier alpha value is -2.69. The van der Waals surface area contributed by atoms with Gasteiger partial charge in [-0.3, -0.25) is 4.79 Å². The SMILES string of the molecule is O=C(NCc1ccc2c(c1)OCCCO2)C1CCOc2ccccc2C1. The Morgan fingerprint density at radius 3 is 2.69 bits per heavy atom. The lowest BCUT2D eigenvalue weighted by molar-refractivity contribution is -0.125. The average molecular weight is 353 g/mol. The summed E-state index contributed by atoms with van der Waals surface area (Å²) in [6.45, 7) is 2.38. The molecular weight excluding hydrogens is 330 g/mol. The number of fused-ring (bicyclic) bond motifs is 2. The van der Waals surface area contributed by atoms with E-state index >= 15 is 0 Å². The van der Waals surface area contributed by atoms with Gasteiger partial charge in [-0.2, -0.15) is 0 Å². The fourth-order valence-electron chi connectivity index (χ4n) is 3.37. The Morgan fingerprint density at radius 1 is 0.962 bits per heavy atom. The zero-order valence-electron chi connectivity index (χ0n) is 14.7. The molecule has 0 saturated heterocycles. The minimum atomic E-state index is -0.0703. The fourth-order valence-corrected chi connectivity index (χ4v) is 3.37. The number of carbonyl (C=O) groups is 1. The van der Waals surface area contributed by atoms with E-state index in [0.717, 1.165) is 41.2 Å². The third-order valence-electron chi connectivity index (χ3n) is 4.81. The average Bonchev–Trinajstić information content (AvgIpc) is 3.03. The van der Waals surface area contributed by atoms with Crippen molar-refractivity contribution < 1.29 is 19.0 Å². The Bertz CT molecular complexity index is 789. The van der Waals surface area contributed by atoms with Crippen LogP contribution in [0.3, 0.4) is 0 Å². The van der Waals surface area contributed by atoms with Crippen LogP contribution in [0.5, 0.6) is 17.2 Å². The summed E-state index contributed by atoms with van der Waals surface area (Å²) in [5, 5.41) is 3.06. The second kappa shape index (κ2) is 7.68. The molecule has 2 aliphatic heterocycles. The molecule has 5 nitrogen and oxygen atoms in total. The number of benzene rings is 2. The van der Waals surface area contributed by atoms with Crippen molar-refractivity contribution in [3.63, 3.8) is 0 Å². The van der Waals surface area contributed by atoms with Crippen LogP contribution in [0.2, 0.25) is 0 Å². The second-order valence-electron chi connectivity index (χ2n) is 6.70. The summed E-state index contributed by atoms with van der Waals surface area (Å²) >= 11 is 0. The highest BCUT2D eigenvalue weighted by atomic mass is 16.5. The van der Waals surface area contributed by atoms with Gasteiger partial charge in [0, 0.05) is 18.9 Å². The molecule has 0 aromatic heterocycles. The third-order valence-corrected chi connectivity index (χ3v) is 4.81. The first kappa shape index (κ1) is 16.8. The Kier molecular flexibility index (Phi) is 4.95. The Labute approximate surface area is 153 Å². The van der Waals surface area contributed by atoms with E-state index in [-0.39, 0.29) is 11.8 Å². The molecule has 1 amide bonds. The largest absolute Gasteiger partial charge is 0.493 e. The van der Waals surface area contributed by atoms with Crippen LogP contribution in [0.15, 0.2) is 42.5 Å². The van der Waals surface area contributed by atoms with Crippen molar-refractivity contribution in [1.29, 1.82) is 0 Å². The van der Waals surface area contributed by atoms with E-state index in [0.29, 0.717) is 32.8 Å². The molecule has 136 valence electrons. The van der Waals surface area contributed by atoms with Crippen molar-refractivity contribution in [2.24, 2.45) is 5.92 Å².